The van der Waals surface area contributed by atoms with Gasteiger partial charge in [-0.3, -0.25) is 0 Å². The summed E-state index contributed by atoms with van der Waals surface area (Å²) in [6.45, 7) is 0.162. The molecule has 1 aromatic carbocycles. The van der Waals surface area contributed by atoms with Crippen molar-refractivity contribution in [2.45, 2.75) is 4.90 Å². The van der Waals surface area contributed by atoms with E-state index in [0.29, 0.717) is 11.4 Å². The van der Waals surface area contributed by atoms with Crippen molar-refractivity contribution in [2.24, 2.45) is 0 Å². The van der Waals surface area contributed by atoms with Crippen LogP contribution in [0.4, 0.5) is 5.69 Å². The summed E-state index contributed by atoms with van der Waals surface area (Å²) in [5, 5.41) is 0. The van der Waals surface area contributed by atoms with Gasteiger partial charge in [0.2, 0.25) is 0 Å². The molecule has 0 saturated heterocycles. The van der Waals surface area contributed by atoms with Crippen molar-refractivity contribution in [3.8, 4) is 5.75 Å². The zero-order chi connectivity index (χ0) is 12.2. The molecule has 0 aliphatic carbocycles. The molecule has 0 spiro atoms. The Bertz CT molecular complexity index is 456. The van der Waals surface area contributed by atoms with Crippen molar-refractivity contribution in [1.82, 2.24) is 0 Å². The average Bonchev–Trinajstić information content (AvgIpc) is 2.27. The lowest BCUT2D eigenvalue weighted by atomic mass is 10.3. The number of rotatable bonds is 5. The van der Waals surface area contributed by atoms with Crippen molar-refractivity contribution in [1.29, 1.82) is 0 Å². The Hall–Kier alpha value is -1.27. The molecule has 0 amide bonds. The zero-order valence-electron chi connectivity index (χ0n) is 9.26. The van der Waals surface area contributed by atoms with E-state index in [1.165, 1.54) is 32.4 Å². The molecule has 1 aromatic rings. The molecule has 90 valence electrons. The Morgan fingerprint density at radius 2 is 2.00 bits per heavy atom. The molecule has 0 unspecified atom stereocenters. The molecule has 0 aliphatic heterocycles. The number of hydrogen-bond donors (Lipinski definition) is 1. The maximum atomic E-state index is 11.8. The van der Waals surface area contributed by atoms with Crippen molar-refractivity contribution >= 4 is 15.5 Å². The van der Waals surface area contributed by atoms with Crippen LogP contribution in [-0.2, 0) is 14.6 Å². The maximum Gasteiger partial charge on any atom is 0.180 e. The largest absolute Gasteiger partial charge is 0.495 e. The Kier molecular flexibility index (Phi) is 4.14. The SMILES string of the molecule is COCCS(=O)(=O)c1ccc(N)c(OC)c1. The van der Waals surface area contributed by atoms with E-state index in [1.54, 1.807) is 0 Å². The number of anilines is 1. The van der Waals surface area contributed by atoms with E-state index in [-0.39, 0.29) is 17.3 Å². The molecule has 0 heterocycles. The van der Waals surface area contributed by atoms with Gasteiger partial charge >= 0.3 is 0 Å². The second-order valence-corrected chi connectivity index (χ2v) is 5.32. The van der Waals surface area contributed by atoms with Crippen LogP contribution >= 0.6 is 0 Å². The third kappa shape index (κ3) is 2.86. The van der Waals surface area contributed by atoms with Crippen LogP contribution in [0.2, 0.25) is 0 Å². The predicted molar refractivity (Wildman–Crippen MR) is 61.3 cm³/mol. The Balaban J connectivity index is 3.04. The molecule has 0 radical (unpaired) electrons. The Morgan fingerprint density at radius 3 is 2.56 bits per heavy atom. The molecule has 0 aromatic heterocycles. The lowest BCUT2D eigenvalue weighted by Crippen LogP contribution is -2.11. The first-order valence-corrected chi connectivity index (χ1v) is 6.31. The van der Waals surface area contributed by atoms with E-state index in [1.807, 2.05) is 0 Å². The van der Waals surface area contributed by atoms with Crippen LogP contribution < -0.4 is 10.5 Å². The number of methoxy groups -OCH3 is 2. The zero-order valence-corrected chi connectivity index (χ0v) is 10.1. The summed E-state index contributed by atoms with van der Waals surface area (Å²) in [6, 6.07) is 4.39. The monoisotopic (exact) mass is 245 g/mol. The van der Waals surface area contributed by atoms with Gasteiger partial charge in [0, 0.05) is 13.2 Å². The highest BCUT2D eigenvalue weighted by molar-refractivity contribution is 7.91. The minimum absolute atomic E-state index is 0.0590. The number of ether oxygens (including phenoxy) is 2. The molecule has 2 N–H and O–H groups in total. The highest BCUT2D eigenvalue weighted by Crippen LogP contribution is 2.25. The van der Waals surface area contributed by atoms with Gasteiger partial charge in [0.25, 0.3) is 0 Å². The molecular weight excluding hydrogens is 230 g/mol. The van der Waals surface area contributed by atoms with Crippen LogP contribution in [0.1, 0.15) is 0 Å². The first-order chi connectivity index (χ1) is 7.51. The van der Waals surface area contributed by atoms with Gasteiger partial charge in [0.05, 0.1) is 30.1 Å². The average molecular weight is 245 g/mol. The van der Waals surface area contributed by atoms with Gasteiger partial charge in [-0.05, 0) is 12.1 Å². The Morgan fingerprint density at radius 1 is 1.31 bits per heavy atom. The van der Waals surface area contributed by atoms with Crippen molar-refractivity contribution < 1.29 is 17.9 Å². The van der Waals surface area contributed by atoms with Gasteiger partial charge in [0.1, 0.15) is 5.75 Å². The summed E-state index contributed by atoms with van der Waals surface area (Å²) in [5.41, 5.74) is 6.01. The molecule has 0 atom stereocenters. The number of nitrogens with two attached hydrogens (primary N) is 1. The summed E-state index contributed by atoms with van der Waals surface area (Å²) in [6.07, 6.45) is 0. The fourth-order valence-corrected chi connectivity index (χ4v) is 2.38. The molecular formula is C10H15NO4S. The predicted octanol–water partition coefficient (Wildman–Crippen LogP) is 0.697. The van der Waals surface area contributed by atoms with Crippen LogP contribution in [-0.4, -0.2) is 35.0 Å². The molecule has 5 nitrogen and oxygen atoms in total. The highest BCUT2D eigenvalue weighted by Gasteiger charge is 2.15. The van der Waals surface area contributed by atoms with E-state index in [0.717, 1.165) is 0 Å². The van der Waals surface area contributed by atoms with Crippen LogP contribution in [0.25, 0.3) is 0 Å². The first kappa shape index (κ1) is 12.8. The van der Waals surface area contributed by atoms with Gasteiger partial charge < -0.3 is 15.2 Å². The maximum absolute atomic E-state index is 11.8. The van der Waals surface area contributed by atoms with Crippen LogP contribution in [0, 0.1) is 0 Å². The molecule has 1 rings (SSSR count). The van der Waals surface area contributed by atoms with Crippen LogP contribution in [0.5, 0.6) is 5.75 Å². The van der Waals surface area contributed by atoms with Gasteiger partial charge in [-0.1, -0.05) is 0 Å². The van der Waals surface area contributed by atoms with E-state index < -0.39 is 9.84 Å². The summed E-state index contributed by atoms with van der Waals surface area (Å²) < 4.78 is 33.3. The normalized spacial score (nSPS) is 11.4. The molecule has 0 saturated carbocycles. The third-order valence-electron chi connectivity index (χ3n) is 2.12. The number of hydrogen-bond acceptors (Lipinski definition) is 5. The molecule has 0 bridgehead atoms. The topological polar surface area (TPSA) is 78.6 Å². The van der Waals surface area contributed by atoms with Gasteiger partial charge in [-0.25, -0.2) is 8.42 Å². The summed E-state index contributed by atoms with van der Waals surface area (Å²) >= 11 is 0. The summed E-state index contributed by atoms with van der Waals surface area (Å²) in [4.78, 5) is 0.190. The molecule has 0 fully saturated rings. The standard InChI is InChI=1S/C10H15NO4S/c1-14-5-6-16(12,13)8-3-4-9(11)10(7-8)15-2/h3-4,7H,5-6,11H2,1-2H3. The smallest absolute Gasteiger partial charge is 0.180 e. The van der Waals surface area contributed by atoms with Gasteiger partial charge in [0.15, 0.2) is 9.84 Å². The molecule has 6 heteroatoms. The van der Waals surface area contributed by atoms with Gasteiger partial charge in [-0.15, -0.1) is 0 Å². The lowest BCUT2D eigenvalue weighted by Gasteiger charge is -2.08. The number of sulfone groups is 1. The summed E-state index contributed by atoms with van der Waals surface area (Å²) in [5.74, 6) is 0.301. The van der Waals surface area contributed by atoms with Crippen LogP contribution in [0.3, 0.4) is 0 Å². The van der Waals surface area contributed by atoms with Crippen molar-refractivity contribution in [2.75, 3.05) is 32.3 Å². The summed E-state index contributed by atoms with van der Waals surface area (Å²) in [7, 11) is -0.433. The van der Waals surface area contributed by atoms with E-state index in [2.05, 4.69) is 0 Å². The van der Waals surface area contributed by atoms with E-state index in [9.17, 15) is 8.42 Å². The molecule has 16 heavy (non-hydrogen) atoms. The highest BCUT2D eigenvalue weighted by atomic mass is 32.2. The van der Waals surface area contributed by atoms with Crippen molar-refractivity contribution in [3.05, 3.63) is 18.2 Å². The lowest BCUT2D eigenvalue weighted by molar-refractivity contribution is 0.217. The van der Waals surface area contributed by atoms with E-state index in [4.69, 9.17) is 15.2 Å². The van der Waals surface area contributed by atoms with E-state index >= 15 is 0 Å². The minimum Gasteiger partial charge on any atom is -0.495 e. The second-order valence-electron chi connectivity index (χ2n) is 3.22. The fourth-order valence-electron chi connectivity index (χ4n) is 1.20. The number of benzene rings is 1. The minimum atomic E-state index is -3.33. The Labute approximate surface area is 95.1 Å². The van der Waals surface area contributed by atoms with Gasteiger partial charge in [-0.2, -0.15) is 0 Å². The first-order valence-electron chi connectivity index (χ1n) is 4.66. The fraction of sp³-hybridized carbons (Fsp3) is 0.400. The van der Waals surface area contributed by atoms with Crippen molar-refractivity contribution in [3.63, 3.8) is 0 Å². The molecule has 0 aliphatic rings. The third-order valence-corrected chi connectivity index (χ3v) is 3.80. The number of nitrogen functional groups attached to an aromatic ring is 1. The quantitative estimate of drug-likeness (QED) is 0.772. The second kappa shape index (κ2) is 5.18. The van der Waals surface area contributed by atoms with Crippen LogP contribution in [0.15, 0.2) is 23.1 Å².